The highest BCUT2D eigenvalue weighted by molar-refractivity contribution is 7.99. The van der Waals surface area contributed by atoms with E-state index in [0.29, 0.717) is 0 Å². The van der Waals surface area contributed by atoms with Crippen molar-refractivity contribution >= 4 is 50.6 Å². The first-order valence-corrected chi connectivity index (χ1v) is 25.6. The molecular weight excluding hydrogens is 893 g/mol. The third kappa shape index (κ3) is 5.16. The Labute approximate surface area is 421 Å². The number of rotatable bonds is 4. The average molecular weight is 935 g/mol. The zero-order valence-corrected chi connectivity index (χ0v) is 39.8. The third-order valence-electron chi connectivity index (χ3n) is 16.1. The molecule has 0 amide bonds. The topological polar surface area (TPSA) is 17.4 Å². The molecule has 2 aliphatic carbocycles. The summed E-state index contributed by atoms with van der Waals surface area (Å²) in [4.78, 5) is 5.11. The normalized spacial score (nSPS) is 14.4. The van der Waals surface area contributed by atoms with Crippen molar-refractivity contribution in [2.45, 2.75) is 20.6 Å². The van der Waals surface area contributed by atoms with Gasteiger partial charge in [-0.1, -0.05) is 188 Å². The number of hydrogen-bond acceptors (Lipinski definition) is 3. The molecule has 72 heavy (non-hydrogen) atoms. The lowest BCUT2D eigenvalue weighted by Gasteiger charge is -2.40. The second-order valence-electron chi connectivity index (χ2n) is 19.5. The van der Waals surface area contributed by atoms with Crippen molar-refractivity contribution < 1.29 is 4.74 Å². The number of nitrogens with zero attached hydrogens (tertiary/aromatic N) is 2. The quantitative estimate of drug-likeness (QED) is 0.175. The van der Waals surface area contributed by atoms with Crippen LogP contribution in [0, 0.1) is 0 Å². The molecule has 0 fully saturated rings. The van der Waals surface area contributed by atoms with Gasteiger partial charge in [0.2, 0.25) is 0 Å². The minimum absolute atomic E-state index is 0.473. The van der Waals surface area contributed by atoms with Gasteiger partial charge >= 0.3 is 0 Å². The first-order chi connectivity index (χ1) is 35.7. The lowest BCUT2D eigenvalue weighted by atomic mass is 9.66. The molecule has 4 heteroatoms. The molecule has 0 atom stereocenters. The Morgan fingerprint density at radius 2 is 0.792 bits per heavy atom. The SMILES string of the molecule is c1ccc(-n2c3ccccc3c3ccc(N(c4ccc5c(c4)-c4ccccc4C54c5ccccc5Sc5ccccc54)c4ccc5c(c4)C4(c6ccccc6Oc6ccccc64)c4ccccc4-5)cc32)cc1. The summed E-state index contributed by atoms with van der Waals surface area (Å²) in [5, 5.41) is 2.45. The summed E-state index contributed by atoms with van der Waals surface area (Å²) in [6.45, 7) is 0. The number of para-hydroxylation sites is 4. The van der Waals surface area contributed by atoms with Crippen molar-refractivity contribution in [2.24, 2.45) is 0 Å². The second-order valence-corrected chi connectivity index (χ2v) is 20.5. The van der Waals surface area contributed by atoms with E-state index in [9.17, 15) is 0 Å². The van der Waals surface area contributed by atoms with Crippen LogP contribution in [0.25, 0.3) is 49.7 Å². The molecule has 12 aromatic rings. The van der Waals surface area contributed by atoms with E-state index in [4.69, 9.17) is 4.74 Å². The van der Waals surface area contributed by atoms with E-state index in [1.807, 2.05) is 11.8 Å². The largest absolute Gasteiger partial charge is 0.457 e. The molecule has 0 bridgehead atoms. The molecular formula is C68H42N2OS. The molecule has 1 aromatic heterocycles. The van der Waals surface area contributed by atoms with Crippen molar-refractivity contribution in [3.05, 3.63) is 299 Å². The van der Waals surface area contributed by atoms with Crippen LogP contribution < -0.4 is 9.64 Å². The summed E-state index contributed by atoms with van der Waals surface area (Å²) in [5.41, 5.74) is 20.7. The lowest BCUT2D eigenvalue weighted by Crippen LogP contribution is -2.32. The Morgan fingerprint density at radius 1 is 0.319 bits per heavy atom. The summed E-state index contributed by atoms with van der Waals surface area (Å²) in [6, 6.07) is 94.7. The fraction of sp³-hybridized carbons (Fsp3) is 0.0294. The molecule has 0 N–H and O–H groups in total. The van der Waals surface area contributed by atoms with E-state index in [0.717, 1.165) is 50.9 Å². The number of hydrogen-bond donors (Lipinski definition) is 0. The van der Waals surface area contributed by atoms with E-state index in [2.05, 4.69) is 264 Å². The van der Waals surface area contributed by atoms with Crippen LogP contribution in [0.15, 0.2) is 265 Å². The van der Waals surface area contributed by atoms with Gasteiger partial charge in [-0.15, -0.1) is 0 Å². The van der Waals surface area contributed by atoms with Gasteiger partial charge in [0, 0.05) is 54.4 Å². The second kappa shape index (κ2) is 14.8. The first-order valence-electron chi connectivity index (χ1n) is 24.8. The van der Waals surface area contributed by atoms with Crippen molar-refractivity contribution in [1.29, 1.82) is 0 Å². The van der Waals surface area contributed by atoms with E-state index in [-0.39, 0.29) is 0 Å². The highest BCUT2D eigenvalue weighted by Crippen LogP contribution is 2.65. The van der Waals surface area contributed by atoms with Crippen LogP contribution in [-0.4, -0.2) is 4.57 Å². The van der Waals surface area contributed by atoms with Crippen LogP contribution in [0.2, 0.25) is 0 Å². The van der Waals surface area contributed by atoms with Crippen LogP contribution in [0.1, 0.15) is 44.5 Å². The molecule has 336 valence electrons. The molecule has 0 radical (unpaired) electrons. The van der Waals surface area contributed by atoms with Gasteiger partial charge in [-0.05, 0) is 134 Å². The lowest BCUT2D eigenvalue weighted by molar-refractivity contribution is 0.436. The molecule has 0 unspecified atom stereocenters. The van der Waals surface area contributed by atoms with Crippen molar-refractivity contribution in [3.63, 3.8) is 0 Å². The van der Waals surface area contributed by atoms with Crippen LogP contribution in [0.4, 0.5) is 17.1 Å². The third-order valence-corrected chi connectivity index (χ3v) is 17.3. The minimum atomic E-state index is -0.619. The summed E-state index contributed by atoms with van der Waals surface area (Å²) in [7, 11) is 0. The van der Waals surface area contributed by atoms with Gasteiger partial charge in [0.05, 0.1) is 21.9 Å². The maximum absolute atomic E-state index is 6.77. The summed E-state index contributed by atoms with van der Waals surface area (Å²) >= 11 is 1.88. The predicted octanol–water partition coefficient (Wildman–Crippen LogP) is 17.5. The number of aromatic nitrogens is 1. The summed E-state index contributed by atoms with van der Waals surface area (Å²) in [6.07, 6.45) is 0. The molecule has 2 aliphatic heterocycles. The Balaban J connectivity index is 0.987. The van der Waals surface area contributed by atoms with Gasteiger partial charge in [-0.25, -0.2) is 0 Å². The van der Waals surface area contributed by atoms with E-state index >= 15 is 0 Å². The molecule has 11 aromatic carbocycles. The maximum Gasteiger partial charge on any atom is 0.132 e. The van der Waals surface area contributed by atoms with Gasteiger partial charge < -0.3 is 14.2 Å². The zero-order chi connectivity index (χ0) is 47.1. The average Bonchev–Trinajstić information content (AvgIpc) is 4.04. The van der Waals surface area contributed by atoms with Gasteiger partial charge in [-0.3, -0.25) is 0 Å². The van der Waals surface area contributed by atoms with Crippen LogP contribution in [0.5, 0.6) is 11.5 Å². The molecule has 2 spiro atoms. The molecule has 0 saturated heterocycles. The molecule has 3 heterocycles. The highest BCUT2D eigenvalue weighted by Gasteiger charge is 2.52. The molecule has 4 aliphatic rings. The first kappa shape index (κ1) is 40.0. The number of benzene rings is 11. The fourth-order valence-corrected chi connectivity index (χ4v) is 14.6. The predicted molar refractivity (Wildman–Crippen MR) is 294 cm³/mol. The van der Waals surface area contributed by atoms with Gasteiger partial charge in [-0.2, -0.15) is 0 Å². The smallest absolute Gasteiger partial charge is 0.132 e. The van der Waals surface area contributed by atoms with E-state index < -0.39 is 10.8 Å². The van der Waals surface area contributed by atoms with Gasteiger partial charge in [0.25, 0.3) is 0 Å². The molecule has 3 nitrogen and oxygen atoms in total. The zero-order valence-electron chi connectivity index (χ0n) is 39.0. The van der Waals surface area contributed by atoms with Crippen LogP contribution in [-0.2, 0) is 10.8 Å². The Bertz CT molecular complexity index is 4170. The minimum Gasteiger partial charge on any atom is -0.457 e. The fourth-order valence-electron chi connectivity index (χ4n) is 13.4. The monoisotopic (exact) mass is 934 g/mol. The van der Waals surface area contributed by atoms with Gasteiger partial charge in [0.15, 0.2) is 0 Å². The Hall–Kier alpha value is -8.83. The number of ether oxygens (including phenoxy) is 1. The van der Waals surface area contributed by atoms with Crippen molar-refractivity contribution in [1.82, 2.24) is 4.57 Å². The summed E-state index contributed by atoms with van der Waals surface area (Å²) < 4.78 is 9.20. The maximum atomic E-state index is 6.77. The summed E-state index contributed by atoms with van der Waals surface area (Å²) in [5.74, 6) is 1.77. The van der Waals surface area contributed by atoms with Crippen molar-refractivity contribution in [3.8, 4) is 39.4 Å². The Morgan fingerprint density at radius 3 is 1.50 bits per heavy atom. The van der Waals surface area contributed by atoms with E-state index in [1.54, 1.807) is 0 Å². The van der Waals surface area contributed by atoms with Crippen LogP contribution in [0.3, 0.4) is 0 Å². The van der Waals surface area contributed by atoms with Crippen LogP contribution >= 0.6 is 11.8 Å². The van der Waals surface area contributed by atoms with Crippen molar-refractivity contribution in [2.75, 3.05) is 4.90 Å². The Kier molecular flexibility index (Phi) is 8.24. The molecule has 16 rings (SSSR count). The standard InChI is InChI=1S/C68H42N2OS/c1-2-18-43(19-3-1)70-61-29-13-6-22-50(61)51-38-35-46(42-62(51)70)69(44-36-39-55-52(40-44)48-21-5-8-24-54(48)67(55)58-27-11-16-32-65(58)72-66-33-17-12-28-59(66)67)45-34-37-49-47-20-4-7-23-53(47)68(60(49)41-45)56-25-9-14-30-63(56)71-64-31-15-10-26-57(64)68/h1-42H. The van der Waals surface area contributed by atoms with Gasteiger partial charge in [0.1, 0.15) is 11.5 Å². The highest BCUT2D eigenvalue weighted by atomic mass is 32.2. The van der Waals surface area contributed by atoms with E-state index in [1.165, 1.54) is 81.7 Å². The molecule has 0 saturated carbocycles. The number of fused-ring (bicyclic) bond motifs is 21. The number of anilines is 3.